The first-order valence-corrected chi connectivity index (χ1v) is 10.4. The molecule has 0 radical (unpaired) electrons. The Morgan fingerprint density at radius 1 is 1.20 bits per heavy atom. The van der Waals surface area contributed by atoms with Gasteiger partial charge < -0.3 is 15.0 Å². The molecule has 1 unspecified atom stereocenters. The molecule has 6 nitrogen and oxygen atoms in total. The summed E-state index contributed by atoms with van der Waals surface area (Å²) in [6.07, 6.45) is 3.13. The van der Waals surface area contributed by atoms with Gasteiger partial charge in [-0.05, 0) is 67.5 Å². The van der Waals surface area contributed by atoms with E-state index in [0.717, 1.165) is 16.7 Å². The van der Waals surface area contributed by atoms with E-state index >= 15 is 0 Å². The van der Waals surface area contributed by atoms with Gasteiger partial charge in [-0.1, -0.05) is 26.8 Å². The average Bonchev–Trinajstić information content (AvgIpc) is 2.66. The Balaban J connectivity index is 1.78. The Labute approximate surface area is 178 Å². The van der Waals surface area contributed by atoms with Crippen LogP contribution in [0.4, 0.5) is 10.5 Å². The highest BCUT2D eigenvalue weighted by Crippen LogP contribution is 2.30. The zero-order chi connectivity index (χ0) is 22.1. The van der Waals surface area contributed by atoms with Crippen molar-refractivity contribution in [3.63, 3.8) is 0 Å². The Bertz CT molecular complexity index is 947. The molecular weight excluding hydrogens is 378 g/mol. The zero-order valence-corrected chi connectivity index (χ0v) is 18.7. The minimum atomic E-state index is -0.541. The number of benzene rings is 1. The van der Waals surface area contributed by atoms with Crippen LogP contribution in [0.25, 0.3) is 0 Å². The van der Waals surface area contributed by atoms with Crippen LogP contribution in [-0.4, -0.2) is 34.0 Å². The quantitative estimate of drug-likeness (QED) is 0.745. The lowest BCUT2D eigenvalue weighted by Crippen LogP contribution is -2.41. The van der Waals surface area contributed by atoms with E-state index in [4.69, 9.17) is 4.74 Å². The first kappa shape index (κ1) is 21.8. The second-order valence-corrected chi connectivity index (χ2v) is 9.29. The topological polar surface area (TPSA) is 71.5 Å². The lowest BCUT2D eigenvalue weighted by atomic mass is 9.90. The van der Waals surface area contributed by atoms with Gasteiger partial charge in [-0.3, -0.25) is 9.78 Å². The summed E-state index contributed by atoms with van der Waals surface area (Å²) in [5, 5.41) is 2.93. The van der Waals surface area contributed by atoms with Crippen LogP contribution in [0, 0.1) is 0 Å². The molecule has 1 N–H and O–H groups in total. The number of amides is 2. The molecule has 0 saturated heterocycles. The highest BCUT2D eigenvalue weighted by Gasteiger charge is 2.29. The number of carbonyl (C=O) groups is 2. The third kappa shape index (κ3) is 5.17. The summed E-state index contributed by atoms with van der Waals surface area (Å²) in [5.74, 6) is 0.311. The van der Waals surface area contributed by atoms with E-state index in [1.165, 1.54) is 0 Å². The van der Waals surface area contributed by atoms with Crippen molar-refractivity contribution in [1.29, 1.82) is 0 Å². The average molecular weight is 410 g/mol. The van der Waals surface area contributed by atoms with E-state index in [9.17, 15) is 9.59 Å². The molecule has 0 saturated carbocycles. The number of nitrogens with one attached hydrogen (secondary N) is 1. The number of carbonyl (C=O) groups excluding carboxylic acids is 2. The second-order valence-electron chi connectivity index (χ2n) is 9.29. The molecule has 0 aliphatic carbocycles. The lowest BCUT2D eigenvalue weighted by molar-refractivity contribution is 0.0209. The van der Waals surface area contributed by atoms with Crippen LogP contribution in [0.15, 0.2) is 36.7 Å². The highest BCUT2D eigenvalue weighted by atomic mass is 16.6. The molecule has 2 aromatic rings. The fourth-order valence-electron chi connectivity index (χ4n) is 3.57. The fraction of sp³-hybridized carbons (Fsp3) is 0.458. The van der Waals surface area contributed by atoms with Crippen molar-refractivity contribution in [2.75, 3.05) is 11.9 Å². The Morgan fingerprint density at radius 2 is 1.93 bits per heavy atom. The SMILES string of the molecule is CC(C)c1cncc(NC(=O)c2ccc3c(c2)CN(C(=O)OC(C)(C)C)CC3C)c1. The summed E-state index contributed by atoms with van der Waals surface area (Å²) in [7, 11) is 0. The Morgan fingerprint density at radius 3 is 2.60 bits per heavy atom. The van der Waals surface area contributed by atoms with Gasteiger partial charge in [0.15, 0.2) is 0 Å². The number of anilines is 1. The van der Waals surface area contributed by atoms with Gasteiger partial charge in [0.05, 0.1) is 11.9 Å². The lowest BCUT2D eigenvalue weighted by Gasteiger charge is -2.34. The van der Waals surface area contributed by atoms with E-state index in [1.54, 1.807) is 11.1 Å². The van der Waals surface area contributed by atoms with Gasteiger partial charge in [0.25, 0.3) is 5.91 Å². The summed E-state index contributed by atoms with van der Waals surface area (Å²) < 4.78 is 5.53. The van der Waals surface area contributed by atoms with Gasteiger partial charge in [0, 0.05) is 24.8 Å². The molecule has 0 fully saturated rings. The molecule has 30 heavy (non-hydrogen) atoms. The van der Waals surface area contributed by atoms with Crippen LogP contribution in [0.1, 0.15) is 80.4 Å². The van der Waals surface area contributed by atoms with E-state index in [2.05, 4.69) is 31.1 Å². The Kier molecular flexibility index (Phi) is 6.15. The predicted octanol–water partition coefficient (Wildman–Crippen LogP) is 5.31. The fourth-order valence-corrected chi connectivity index (χ4v) is 3.57. The van der Waals surface area contributed by atoms with Gasteiger partial charge in [-0.2, -0.15) is 0 Å². The molecule has 3 rings (SSSR count). The molecule has 1 aliphatic heterocycles. The standard InChI is InChI=1S/C24H31N3O3/c1-15(2)18-10-20(12-25-11-18)26-22(28)17-7-8-21-16(3)13-27(14-19(21)9-17)23(29)30-24(4,5)6/h7-12,15-16H,13-14H2,1-6H3,(H,26,28). The van der Waals surface area contributed by atoms with Crippen LogP contribution in [-0.2, 0) is 11.3 Å². The number of aromatic nitrogens is 1. The number of ether oxygens (including phenoxy) is 1. The van der Waals surface area contributed by atoms with E-state index in [0.29, 0.717) is 30.3 Å². The molecule has 1 aliphatic rings. The van der Waals surface area contributed by atoms with Crippen molar-refractivity contribution in [2.45, 2.75) is 65.5 Å². The van der Waals surface area contributed by atoms with E-state index < -0.39 is 5.60 Å². The number of fused-ring (bicyclic) bond motifs is 1. The first-order chi connectivity index (χ1) is 14.0. The molecule has 0 bridgehead atoms. The maximum absolute atomic E-state index is 12.8. The van der Waals surface area contributed by atoms with Crippen LogP contribution >= 0.6 is 0 Å². The highest BCUT2D eigenvalue weighted by molar-refractivity contribution is 6.04. The van der Waals surface area contributed by atoms with E-state index in [-0.39, 0.29) is 17.9 Å². The molecule has 1 aromatic carbocycles. The number of pyridine rings is 1. The van der Waals surface area contributed by atoms with E-state index in [1.807, 2.05) is 51.2 Å². The number of rotatable bonds is 3. The van der Waals surface area contributed by atoms with Crippen molar-refractivity contribution in [2.24, 2.45) is 0 Å². The normalized spacial score (nSPS) is 16.2. The van der Waals surface area contributed by atoms with Crippen LogP contribution < -0.4 is 5.32 Å². The van der Waals surface area contributed by atoms with Gasteiger partial charge in [-0.15, -0.1) is 0 Å². The molecule has 1 aromatic heterocycles. The Hall–Kier alpha value is -2.89. The molecule has 6 heteroatoms. The van der Waals surface area contributed by atoms with Crippen LogP contribution in [0.2, 0.25) is 0 Å². The van der Waals surface area contributed by atoms with Crippen molar-refractivity contribution >= 4 is 17.7 Å². The third-order valence-electron chi connectivity index (χ3n) is 5.13. The zero-order valence-electron chi connectivity index (χ0n) is 18.7. The minimum Gasteiger partial charge on any atom is -0.444 e. The molecule has 160 valence electrons. The molecular formula is C24H31N3O3. The summed E-state index contributed by atoms with van der Waals surface area (Å²) in [6, 6.07) is 7.65. The smallest absolute Gasteiger partial charge is 0.410 e. The summed E-state index contributed by atoms with van der Waals surface area (Å²) in [5.41, 5.74) is 3.90. The minimum absolute atomic E-state index is 0.172. The maximum atomic E-state index is 12.8. The van der Waals surface area contributed by atoms with Gasteiger partial charge in [0.1, 0.15) is 5.60 Å². The van der Waals surface area contributed by atoms with Gasteiger partial charge in [0.2, 0.25) is 0 Å². The first-order valence-electron chi connectivity index (χ1n) is 10.4. The monoisotopic (exact) mass is 409 g/mol. The summed E-state index contributed by atoms with van der Waals surface area (Å²) in [6.45, 7) is 12.9. The van der Waals surface area contributed by atoms with Gasteiger partial charge in [-0.25, -0.2) is 4.79 Å². The predicted molar refractivity (Wildman–Crippen MR) is 118 cm³/mol. The summed E-state index contributed by atoms with van der Waals surface area (Å²) in [4.78, 5) is 31.3. The van der Waals surface area contributed by atoms with Crippen molar-refractivity contribution < 1.29 is 14.3 Å². The summed E-state index contributed by atoms with van der Waals surface area (Å²) >= 11 is 0. The largest absolute Gasteiger partial charge is 0.444 e. The second kappa shape index (κ2) is 8.46. The van der Waals surface area contributed by atoms with Crippen LogP contribution in [0.5, 0.6) is 0 Å². The molecule has 2 amide bonds. The van der Waals surface area contributed by atoms with Crippen LogP contribution in [0.3, 0.4) is 0 Å². The maximum Gasteiger partial charge on any atom is 0.410 e. The van der Waals surface area contributed by atoms with Gasteiger partial charge >= 0.3 is 6.09 Å². The number of hydrogen-bond donors (Lipinski definition) is 1. The number of nitrogens with zero attached hydrogens (tertiary/aromatic N) is 2. The molecule has 2 heterocycles. The molecule has 1 atom stereocenters. The van der Waals surface area contributed by atoms with Crippen molar-refractivity contribution in [3.05, 3.63) is 58.9 Å². The van der Waals surface area contributed by atoms with Crippen molar-refractivity contribution in [3.8, 4) is 0 Å². The van der Waals surface area contributed by atoms with Crippen molar-refractivity contribution in [1.82, 2.24) is 9.88 Å². The molecule has 0 spiro atoms. The number of hydrogen-bond acceptors (Lipinski definition) is 4. The third-order valence-corrected chi connectivity index (χ3v) is 5.13.